The van der Waals surface area contributed by atoms with E-state index in [0.29, 0.717) is 17.4 Å². The third-order valence-corrected chi connectivity index (χ3v) is 5.96. The summed E-state index contributed by atoms with van der Waals surface area (Å²) in [6.07, 6.45) is -3.20. The van der Waals surface area contributed by atoms with Crippen LogP contribution in [0.15, 0.2) is 76.2 Å². The highest BCUT2D eigenvalue weighted by Crippen LogP contribution is 2.31. The lowest BCUT2D eigenvalue weighted by atomic mass is 10.2. The van der Waals surface area contributed by atoms with Crippen LogP contribution in [0, 0.1) is 0 Å². The van der Waals surface area contributed by atoms with Crippen molar-refractivity contribution in [1.29, 1.82) is 0 Å². The Morgan fingerprint density at radius 2 is 1.79 bits per heavy atom. The van der Waals surface area contributed by atoms with E-state index in [2.05, 4.69) is 0 Å². The Kier molecular flexibility index (Phi) is 7.38. The van der Waals surface area contributed by atoms with Crippen LogP contribution < -0.4 is 4.18 Å². The fraction of sp³-hybridized carbons (Fsp3) is 0.227. The van der Waals surface area contributed by atoms with Gasteiger partial charge in [0.05, 0.1) is 18.4 Å². The quantitative estimate of drug-likeness (QED) is 0.312. The van der Waals surface area contributed by atoms with Gasteiger partial charge in [0.15, 0.2) is 0 Å². The molecular formula is C22H19ClF3NO5S. The lowest BCUT2D eigenvalue weighted by Gasteiger charge is -2.23. The largest absolute Gasteiger partial charge is 0.467 e. The number of amides is 1. The molecule has 6 nitrogen and oxygen atoms in total. The Hall–Kier alpha value is -2.98. The average Bonchev–Trinajstić information content (AvgIpc) is 3.26. The number of furan rings is 1. The molecule has 0 aliphatic rings. The molecule has 0 aliphatic heterocycles. The average molecular weight is 502 g/mol. The van der Waals surface area contributed by atoms with E-state index < -0.39 is 32.1 Å². The summed E-state index contributed by atoms with van der Waals surface area (Å²) in [6, 6.07) is 12.5. The molecule has 1 unspecified atom stereocenters. The van der Waals surface area contributed by atoms with Crippen LogP contribution in [-0.2, 0) is 34.2 Å². The Labute approximate surface area is 193 Å². The van der Waals surface area contributed by atoms with Crippen molar-refractivity contribution in [2.45, 2.75) is 36.5 Å². The van der Waals surface area contributed by atoms with Crippen LogP contribution in [0.5, 0.6) is 5.75 Å². The zero-order valence-electron chi connectivity index (χ0n) is 17.3. The van der Waals surface area contributed by atoms with Gasteiger partial charge in [0, 0.05) is 6.54 Å². The highest BCUT2D eigenvalue weighted by molar-refractivity contribution is 7.87. The number of alkyl halides is 4. The van der Waals surface area contributed by atoms with Crippen molar-refractivity contribution >= 4 is 27.6 Å². The second kappa shape index (κ2) is 9.88. The summed E-state index contributed by atoms with van der Waals surface area (Å²) in [4.78, 5) is 13.3. The molecular weight excluding hydrogens is 483 g/mol. The molecule has 3 aromatic rings. The molecule has 0 saturated carbocycles. The molecule has 0 N–H and O–H groups in total. The molecule has 1 aromatic heterocycles. The van der Waals surface area contributed by atoms with E-state index in [-0.39, 0.29) is 24.7 Å². The van der Waals surface area contributed by atoms with Crippen molar-refractivity contribution in [1.82, 2.24) is 4.90 Å². The van der Waals surface area contributed by atoms with E-state index in [1.54, 1.807) is 19.1 Å². The monoisotopic (exact) mass is 501 g/mol. The molecule has 11 heteroatoms. The normalized spacial score (nSPS) is 12.9. The molecule has 0 spiro atoms. The summed E-state index contributed by atoms with van der Waals surface area (Å²) in [5, 5.41) is -0.764. The van der Waals surface area contributed by atoms with Crippen molar-refractivity contribution in [3.05, 3.63) is 83.8 Å². The minimum Gasteiger partial charge on any atom is -0.467 e. The Morgan fingerprint density at radius 1 is 1.09 bits per heavy atom. The molecule has 0 bridgehead atoms. The molecule has 3 rings (SSSR count). The summed E-state index contributed by atoms with van der Waals surface area (Å²) in [6.45, 7) is 1.90. The fourth-order valence-corrected chi connectivity index (χ4v) is 4.04. The predicted molar refractivity (Wildman–Crippen MR) is 114 cm³/mol. The highest BCUT2D eigenvalue weighted by atomic mass is 35.5. The zero-order valence-corrected chi connectivity index (χ0v) is 18.8. The topological polar surface area (TPSA) is 76.8 Å². The maximum atomic E-state index is 12.9. The first kappa shape index (κ1) is 24.7. The first-order valence-corrected chi connectivity index (χ1v) is 11.5. The van der Waals surface area contributed by atoms with Gasteiger partial charge < -0.3 is 13.5 Å². The number of carbonyl (C=O) groups is 1. The molecule has 0 fully saturated rings. The summed E-state index contributed by atoms with van der Waals surface area (Å²) >= 11 is 5.95. The van der Waals surface area contributed by atoms with E-state index in [0.717, 1.165) is 18.2 Å². The summed E-state index contributed by atoms with van der Waals surface area (Å²) < 4.78 is 73.7. The second-order valence-corrected chi connectivity index (χ2v) is 9.30. The van der Waals surface area contributed by atoms with Crippen molar-refractivity contribution in [3.63, 3.8) is 0 Å². The van der Waals surface area contributed by atoms with Crippen molar-refractivity contribution in [2.75, 3.05) is 0 Å². The molecule has 0 saturated heterocycles. The van der Waals surface area contributed by atoms with Crippen molar-refractivity contribution in [2.24, 2.45) is 0 Å². The van der Waals surface area contributed by atoms with Gasteiger partial charge in [-0.25, -0.2) is 0 Å². The smallest absolute Gasteiger partial charge is 0.416 e. The van der Waals surface area contributed by atoms with E-state index in [1.165, 1.54) is 35.4 Å². The van der Waals surface area contributed by atoms with Gasteiger partial charge in [-0.1, -0.05) is 18.2 Å². The Morgan fingerprint density at radius 3 is 2.36 bits per heavy atom. The third-order valence-electron chi connectivity index (χ3n) is 4.53. The first-order valence-electron chi connectivity index (χ1n) is 9.61. The van der Waals surface area contributed by atoms with Crippen LogP contribution in [0.1, 0.15) is 23.8 Å². The van der Waals surface area contributed by atoms with Gasteiger partial charge in [-0.15, -0.1) is 11.6 Å². The summed E-state index contributed by atoms with van der Waals surface area (Å²) in [7, 11) is -4.49. The van der Waals surface area contributed by atoms with Crippen molar-refractivity contribution < 1.29 is 35.0 Å². The van der Waals surface area contributed by atoms with Gasteiger partial charge in [-0.3, -0.25) is 4.79 Å². The number of benzene rings is 2. The van der Waals surface area contributed by atoms with Crippen LogP contribution in [0.4, 0.5) is 13.2 Å². The minimum atomic E-state index is -4.69. The Bertz CT molecular complexity index is 1190. The van der Waals surface area contributed by atoms with Crippen LogP contribution in [0.3, 0.4) is 0 Å². The third kappa shape index (κ3) is 6.52. The van der Waals surface area contributed by atoms with Crippen molar-refractivity contribution in [3.8, 4) is 5.75 Å². The van der Waals surface area contributed by atoms with Gasteiger partial charge in [0.2, 0.25) is 5.91 Å². The van der Waals surface area contributed by atoms with Gasteiger partial charge in [0.1, 0.15) is 21.8 Å². The molecule has 1 heterocycles. The van der Waals surface area contributed by atoms with E-state index in [9.17, 15) is 26.4 Å². The zero-order chi connectivity index (χ0) is 24.2. The number of carbonyl (C=O) groups excluding carboxylic acids is 1. The molecule has 0 aliphatic carbocycles. The number of rotatable bonds is 8. The van der Waals surface area contributed by atoms with Crippen LogP contribution >= 0.6 is 11.6 Å². The lowest BCUT2D eigenvalue weighted by Crippen LogP contribution is -2.34. The summed E-state index contributed by atoms with van der Waals surface area (Å²) in [5.74, 6) is 0.152. The predicted octanol–water partition coefficient (Wildman–Crippen LogP) is 5.22. The first-order chi connectivity index (χ1) is 15.5. The SMILES string of the molecule is CC(Cl)C(=O)N(Cc1ccc(OS(=O)(=O)c2cccc(C(F)(F)F)c2)cc1)Cc1ccco1. The molecule has 33 heavy (non-hydrogen) atoms. The maximum absolute atomic E-state index is 12.9. The Balaban J connectivity index is 1.74. The van der Waals surface area contributed by atoms with Crippen LogP contribution in [0.25, 0.3) is 0 Å². The number of hydrogen-bond acceptors (Lipinski definition) is 5. The minimum absolute atomic E-state index is 0.0919. The highest BCUT2D eigenvalue weighted by Gasteiger charge is 2.32. The van der Waals surface area contributed by atoms with E-state index in [1.807, 2.05) is 0 Å². The maximum Gasteiger partial charge on any atom is 0.416 e. The van der Waals surface area contributed by atoms with Gasteiger partial charge in [0.25, 0.3) is 0 Å². The summed E-state index contributed by atoms with van der Waals surface area (Å²) in [5.41, 5.74) is -0.451. The van der Waals surface area contributed by atoms with Gasteiger partial charge >= 0.3 is 16.3 Å². The number of hydrogen-bond donors (Lipinski definition) is 0. The molecule has 1 atom stereocenters. The number of halogens is 4. The molecule has 0 radical (unpaired) electrons. The standard InChI is InChI=1S/C22H19ClF3NO5S/c1-15(23)21(28)27(14-19-5-3-11-31-19)13-16-7-9-18(10-8-16)32-33(29,30)20-6-2-4-17(12-20)22(24,25)26/h2-12,15H,13-14H2,1H3. The molecule has 176 valence electrons. The van der Waals surface area contributed by atoms with Crippen LogP contribution in [0.2, 0.25) is 0 Å². The fourth-order valence-electron chi connectivity index (χ4n) is 2.93. The van der Waals surface area contributed by atoms with E-state index >= 15 is 0 Å². The van der Waals surface area contributed by atoms with Gasteiger partial charge in [-0.05, 0) is 55.0 Å². The lowest BCUT2D eigenvalue weighted by molar-refractivity contribution is -0.137. The van der Waals surface area contributed by atoms with Crippen LogP contribution in [-0.4, -0.2) is 24.6 Å². The number of nitrogens with zero attached hydrogens (tertiary/aromatic N) is 1. The second-order valence-electron chi connectivity index (χ2n) is 7.10. The molecule has 2 aromatic carbocycles. The van der Waals surface area contributed by atoms with Gasteiger partial charge in [-0.2, -0.15) is 21.6 Å². The van der Waals surface area contributed by atoms with E-state index in [4.69, 9.17) is 20.2 Å². The molecule has 1 amide bonds.